The van der Waals surface area contributed by atoms with Crippen molar-refractivity contribution in [2.75, 3.05) is 12.3 Å². The average Bonchev–Trinajstić information content (AvgIpc) is 2.57. The minimum atomic E-state index is -4.89. The zero-order valence-electron chi connectivity index (χ0n) is 14.6. The van der Waals surface area contributed by atoms with Crippen molar-refractivity contribution < 1.29 is 31.1 Å². The van der Waals surface area contributed by atoms with E-state index in [4.69, 9.17) is 28.9 Å². The molecule has 0 unspecified atom stereocenters. The molecule has 29 heavy (non-hydrogen) atoms. The fraction of sp³-hybridized carbons (Fsp3) is 0.294. The van der Waals surface area contributed by atoms with Crippen molar-refractivity contribution in [3.63, 3.8) is 0 Å². The Hall–Kier alpha value is -2.20. The standard InChI is InChI=1S/C17H13Cl2F6N3O/c1-7(16(20,21)22)6-27-15(29)14-12(26)5-10(17(23,24)25)13(28-14)9-3-2-8(18)4-11(9)19/h2-5,7H,6,26H2,1H3,(H,27,29)/t7-/m0/s1. The molecule has 2 aromatic rings. The van der Waals surface area contributed by atoms with Crippen LogP contribution in [0.4, 0.5) is 32.0 Å². The van der Waals surface area contributed by atoms with Gasteiger partial charge in [0.1, 0.15) is 0 Å². The summed E-state index contributed by atoms with van der Waals surface area (Å²) in [6.07, 6.45) is -9.45. The van der Waals surface area contributed by atoms with Crippen LogP contribution in [-0.2, 0) is 6.18 Å². The van der Waals surface area contributed by atoms with Gasteiger partial charge in [0.15, 0.2) is 5.69 Å². The number of aromatic nitrogens is 1. The number of halogens is 8. The van der Waals surface area contributed by atoms with E-state index in [-0.39, 0.29) is 15.6 Å². The quantitative estimate of drug-likeness (QED) is 0.586. The topological polar surface area (TPSA) is 68.0 Å². The van der Waals surface area contributed by atoms with Crippen LogP contribution in [0.15, 0.2) is 24.3 Å². The lowest BCUT2D eigenvalue weighted by atomic mass is 10.0. The summed E-state index contributed by atoms with van der Waals surface area (Å²) >= 11 is 11.7. The maximum Gasteiger partial charge on any atom is 0.418 e. The number of anilines is 1. The second-order valence-corrected chi connectivity index (χ2v) is 6.94. The minimum Gasteiger partial charge on any atom is -0.397 e. The summed E-state index contributed by atoms with van der Waals surface area (Å²) in [5, 5.41) is 1.96. The van der Waals surface area contributed by atoms with Crippen LogP contribution in [0.3, 0.4) is 0 Å². The number of nitrogen functional groups attached to an aromatic ring is 1. The molecule has 158 valence electrons. The Labute approximate surface area is 171 Å². The molecule has 12 heteroatoms. The van der Waals surface area contributed by atoms with Gasteiger partial charge in [-0.1, -0.05) is 30.1 Å². The van der Waals surface area contributed by atoms with Gasteiger partial charge in [-0.2, -0.15) is 26.3 Å². The van der Waals surface area contributed by atoms with Gasteiger partial charge in [-0.25, -0.2) is 4.98 Å². The molecule has 1 aromatic carbocycles. The Kier molecular flexibility index (Phi) is 6.58. The first kappa shape index (κ1) is 23.1. The molecule has 0 fully saturated rings. The van der Waals surface area contributed by atoms with Gasteiger partial charge in [-0.3, -0.25) is 4.79 Å². The van der Waals surface area contributed by atoms with Crippen molar-refractivity contribution >= 4 is 34.8 Å². The maximum absolute atomic E-state index is 13.5. The lowest BCUT2D eigenvalue weighted by Gasteiger charge is -2.18. The molecule has 1 amide bonds. The summed E-state index contributed by atoms with van der Waals surface area (Å²) < 4.78 is 78.1. The molecular weight excluding hydrogens is 447 g/mol. The highest BCUT2D eigenvalue weighted by atomic mass is 35.5. The highest BCUT2D eigenvalue weighted by Gasteiger charge is 2.38. The summed E-state index contributed by atoms with van der Waals surface area (Å²) in [5.74, 6) is -3.04. The average molecular weight is 460 g/mol. The number of benzene rings is 1. The van der Waals surface area contributed by atoms with Gasteiger partial charge in [0, 0.05) is 17.1 Å². The van der Waals surface area contributed by atoms with Crippen LogP contribution in [0.1, 0.15) is 23.0 Å². The number of hydrogen-bond acceptors (Lipinski definition) is 3. The molecule has 4 nitrogen and oxygen atoms in total. The molecule has 0 aliphatic carbocycles. The summed E-state index contributed by atoms with van der Waals surface area (Å²) in [6.45, 7) is 0.0320. The zero-order chi connectivity index (χ0) is 22.1. The number of nitrogens with two attached hydrogens (primary N) is 1. The van der Waals surface area contributed by atoms with Gasteiger partial charge >= 0.3 is 12.4 Å². The summed E-state index contributed by atoms with van der Waals surface area (Å²) in [5.41, 5.74) is 2.06. The van der Waals surface area contributed by atoms with Crippen LogP contribution in [0.2, 0.25) is 10.0 Å². The lowest BCUT2D eigenvalue weighted by molar-refractivity contribution is -0.167. The van der Waals surface area contributed by atoms with E-state index < -0.39 is 53.4 Å². The smallest absolute Gasteiger partial charge is 0.397 e. The van der Waals surface area contributed by atoms with E-state index in [2.05, 4.69) is 4.98 Å². The fourth-order valence-electron chi connectivity index (χ4n) is 2.26. The molecule has 0 saturated carbocycles. The fourth-order valence-corrected chi connectivity index (χ4v) is 2.76. The molecule has 0 saturated heterocycles. The van der Waals surface area contributed by atoms with E-state index in [0.29, 0.717) is 6.07 Å². The Bertz CT molecular complexity index is 931. The molecule has 0 radical (unpaired) electrons. The van der Waals surface area contributed by atoms with Crippen LogP contribution < -0.4 is 11.1 Å². The molecule has 0 bridgehead atoms. The van der Waals surface area contributed by atoms with E-state index in [1.807, 2.05) is 5.32 Å². The molecule has 0 aliphatic rings. The Morgan fingerprint density at radius 3 is 2.31 bits per heavy atom. The van der Waals surface area contributed by atoms with Crippen molar-refractivity contribution in [2.24, 2.45) is 5.92 Å². The predicted molar refractivity (Wildman–Crippen MR) is 96.7 cm³/mol. The molecule has 0 spiro atoms. The van der Waals surface area contributed by atoms with E-state index in [1.54, 1.807) is 0 Å². The normalized spacial score (nSPS) is 13.3. The first-order valence-electron chi connectivity index (χ1n) is 7.90. The third-order valence-electron chi connectivity index (χ3n) is 3.89. The van der Waals surface area contributed by atoms with Crippen molar-refractivity contribution in [3.8, 4) is 11.3 Å². The Morgan fingerprint density at radius 2 is 1.79 bits per heavy atom. The van der Waals surface area contributed by atoms with Crippen LogP contribution in [0.25, 0.3) is 11.3 Å². The van der Waals surface area contributed by atoms with Gasteiger partial charge in [0.05, 0.1) is 27.9 Å². The molecular formula is C17H13Cl2F6N3O. The van der Waals surface area contributed by atoms with Gasteiger partial charge in [-0.05, 0) is 24.3 Å². The van der Waals surface area contributed by atoms with E-state index in [1.165, 1.54) is 18.2 Å². The molecule has 3 N–H and O–H groups in total. The number of alkyl halides is 6. The first-order valence-corrected chi connectivity index (χ1v) is 8.65. The number of hydrogen-bond donors (Lipinski definition) is 2. The number of carbonyl (C=O) groups excluding carboxylic acids is 1. The van der Waals surface area contributed by atoms with Crippen molar-refractivity contribution in [2.45, 2.75) is 19.3 Å². The highest BCUT2D eigenvalue weighted by Crippen LogP contribution is 2.40. The third kappa shape index (κ3) is 5.45. The largest absolute Gasteiger partial charge is 0.418 e. The van der Waals surface area contributed by atoms with Gasteiger partial charge in [0.25, 0.3) is 5.91 Å². The zero-order valence-corrected chi connectivity index (χ0v) is 16.1. The van der Waals surface area contributed by atoms with Crippen molar-refractivity contribution in [3.05, 3.63) is 45.6 Å². The van der Waals surface area contributed by atoms with Crippen LogP contribution >= 0.6 is 23.2 Å². The second-order valence-electron chi connectivity index (χ2n) is 6.10. The van der Waals surface area contributed by atoms with Crippen LogP contribution in [0, 0.1) is 5.92 Å². The molecule has 1 atom stereocenters. The van der Waals surface area contributed by atoms with Crippen molar-refractivity contribution in [1.82, 2.24) is 10.3 Å². The molecule has 0 aliphatic heterocycles. The summed E-state index contributed by atoms with van der Waals surface area (Å²) in [7, 11) is 0. The number of carbonyl (C=O) groups is 1. The monoisotopic (exact) mass is 459 g/mol. The number of nitrogens with one attached hydrogen (secondary N) is 1. The lowest BCUT2D eigenvalue weighted by Crippen LogP contribution is -2.35. The number of pyridine rings is 1. The molecule has 2 rings (SSSR count). The first-order chi connectivity index (χ1) is 13.2. The van der Waals surface area contributed by atoms with E-state index in [0.717, 1.165) is 6.92 Å². The minimum absolute atomic E-state index is 0.154. The third-order valence-corrected chi connectivity index (χ3v) is 4.43. The summed E-state index contributed by atoms with van der Waals surface area (Å²) in [6, 6.07) is 4.11. The summed E-state index contributed by atoms with van der Waals surface area (Å²) in [4.78, 5) is 15.9. The van der Waals surface area contributed by atoms with Gasteiger partial charge < -0.3 is 11.1 Å². The molecule has 1 aromatic heterocycles. The number of rotatable bonds is 4. The maximum atomic E-state index is 13.5. The highest BCUT2D eigenvalue weighted by molar-refractivity contribution is 6.36. The van der Waals surface area contributed by atoms with Crippen LogP contribution in [0.5, 0.6) is 0 Å². The van der Waals surface area contributed by atoms with Crippen molar-refractivity contribution in [1.29, 1.82) is 0 Å². The Balaban J connectivity index is 2.52. The van der Waals surface area contributed by atoms with Crippen LogP contribution in [-0.4, -0.2) is 23.6 Å². The number of nitrogens with zero attached hydrogens (tertiary/aromatic N) is 1. The van der Waals surface area contributed by atoms with Gasteiger partial charge in [0.2, 0.25) is 0 Å². The van der Waals surface area contributed by atoms with E-state index >= 15 is 0 Å². The second kappa shape index (κ2) is 8.27. The van der Waals surface area contributed by atoms with Gasteiger partial charge in [-0.15, -0.1) is 0 Å². The molecule has 1 heterocycles. The van der Waals surface area contributed by atoms with E-state index in [9.17, 15) is 31.1 Å². The number of amides is 1. The SMILES string of the molecule is C[C@@H](CNC(=O)c1nc(-c2ccc(Cl)cc2Cl)c(C(F)(F)F)cc1N)C(F)(F)F. The predicted octanol–water partition coefficient (Wildman–Crippen LogP) is 5.58. The Morgan fingerprint density at radius 1 is 1.17 bits per heavy atom.